The van der Waals surface area contributed by atoms with Gasteiger partial charge in [0.2, 0.25) is 0 Å². The minimum absolute atomic E-state index is 0.0473. The average Bonchev–Trinajstić information content (AvgIpc) is 2.75. The van der Waals surface area contributed by atoms with Gasteiger partial charge in [-0.3, -0.25) is 4.79 Å². The molecule has 1 fully saturated rings. The molecule has 7 nitrogen and oxygen atoms in total. The first-order valence-corrected chi connectivity index (χ1v) is 11.4. The number of nitrogens with zero attached hydrogens (tertiary/aromatic N) is 3. The molecule has 2 aromatic rings. The average molecular weight is 448 g/mol. The van der Waals surface area contributed by atoms with E-state index in [1.54, 1.807) is 25.1 Å². The van der Waals surface area contributed by atoms with Crippen LogP contribution in [0.15, 0.2) is 29.6 Å². The molecule has 3 heterocycles. The number of hydrogen-bond acceptors (Lipinski definition) is 8. The Hall–Kier alpha value is -2.32. The number of aromatic nitrogens is 2. The van der Waals surface area contributed by atoms with Gasteiger partial charge in [0.1, 0.15) is 22.7 Å². The lowest BCUT2D eigenvalue weighted by atomic mass is 9.82. The van der Waals surface area contributed by atoms with Crippen molar-refractivity contribution < 1.29 is 19.1 Å². The molecule has 30 heavy (non-hydrogen) atoms. The zero-order valence-corrected chi connectivity index (χ0v) is 18.4. The van der Waals surface area contributed by atoms with Crippen molar-refractivity contribution in [3.63, 3.8) is 0 Å². The first kappa shape index (κ1) is 20.9. The molecule has 0 N–H and O–H groups in total. The summed E-state index contributed by atoms with van der Waals surface area (Å²) >= 11 is 7.44. The van der Waals surface area contributed by atoms with E-state index in [9.17, 15) is 9.59 Å². The van der Waals surface area contributed by atoms with Gasteiger partial charge in [-0.2, -0.15) is 0 Å². The maximum Gasteiger partial charge on any atom is 0.343 e. The van der Waals surface area contributed by atoms with E-state index in [0.29, 0.717) is 65.2 Å². The minimum atomic E-state index is -0.548. The lowest BCUT2D eigenvalue weighted by Gasteiger charge is -2.44. The summed E-state index contributed by atoms with van der Waals surface area (Å²) in [4.78, 5) is 36.0. The number of hydrogen-bond donors (Lipinski definition) is 0. The lowest BCUT2D eigenvalue weighted by Crippen LogP contribution is -2.51. The van der Waals surface area contributed by atoms with Gasteiger partial charge in [-0.1, -0.05) is 23.4 Å². The second-order valence-corrected chi connectivity index (χ2v) is 8.54. The minimum Gasteiger partial charge on any atom is -0.486 e. The fraction of sp³-hybridized carbons (Fsp3) is 0.429. The van der Waals surface area contributed by atoms with Crippen molar-refractivity contribution in [3.05, 3.63) is 40.5 Å². The lowest BCUT2D eigenvalue weighted by molar-refractivity contribution is 0.0231. The molecule has 1 aromatic carbocycles. The summed E-state index contributed by atoms with van der Waals surface area (Å²) in [5, 5.41) is 1.12. The van der Waals surface area contributed by atoms with E-state index in [-0.39, 0.29) is 12.4 Å². The van der Waals surface area contributed by atoms with Crippen LogP contribution < -0.4 is 9.64 Å². The van der Waals surface area contributed by atoms with Crippen molar-refractivity contribution >= 4 is 40.9 Å². The molecule has 0 radical (unpaired) electrons. The molecule has 1 aromatic heterocycles. The maximum atomic E-state index is 12.7. The van der Waals surface area contributed by atoms with Crippen molar-refractivity contribution in [2.75, 3.05) is 30.9 Å². The van der Waals surface area contributed by atoms with E-state index < -0.39 is 11.6 Å². The van der Waals surface area contributed by atoms with Gasteiger partial charge >= 0.3 is 5.97 Å². The summed E-state index contributed by atoms with van der Waals surface area (Å²) in [5.74, 6) is 0.765. The van der Waals surface area contributed by atoms with Crippen LogP contribution in [-0.2, 0) is 4.74 Å². The van der Waals surface area contributed by atoms with Crippen LogP contribution in [0.1, 0.15) is 46.9 Å². The summed E-state index contributed by atoms with van der Waals surface area (Å²) in [6, 6.07) is 5.16. The largest absolute Gasteiger partial charge is 0.486 e. The Labute approximate surface area is 184 Å². The van der Waals surface area contributed by atoms with E-state index >= 15 is 0 Å². The SMILES string of the molecule is CCOC(=O)c1cnc(SC)nc1N1CCC2(CC1)CC(=O)c1cc(Cl)ccc1O2. The topological polar surface area (TPSA) is 81.6 Å². The third-order valence-corrected chi connectivity index (χ3v) is 6.25. The van der Waals surface area contributed by atoms with Crippen LogP contribution in [0.3, 0.4) is 0 Å². The second-order valence-electron chi connectivity index (χ2n) is 7.33. The Bertz CT molecular complexity index is 992. The molecule has 0 bridgehead atoms. The van der Waals surface area contributed by atoms with Crippen molar-refractivity contribution in [1.82, 2.24) is 9.97 Å². The number of ketones is 1. The van der Waals surface area contributed by atoms with Gasteiger partial charge < -0.3 is 14.4 Å². The molecule has 0 aliphatic carbocycles. The van der Waals surface area contributed by atoms with Gasteiger partial charge in [-0.15, -0.1) is 0 Å². The number of carbonyl (C=O) groups excluding carboxylic acids is 2. The first-order valence-electron chi connectivity index (χ1n) is 9.79. The van der Waals surface area contributed by atoms with Gasteiger partial charge in [-0.05, 0) is 31.4 Å². The van der Waals surface area contributed by atoms with Crippen molar-refractivity contribution in [3.8, 4) is 5.75 Å². The summed E-state index contributed by atoms with van der Waals surface area (Å²) in [6.07, 6.45) is 5.01. The molecule has 9 heteroatoms. The molecule has 2 aliphatic rings. The van der Waals surface area contributed by atoms with Crippen LogP contribution >= 0.6 is 23.4 Å². The summed E-state index contributed by atoms with van der Waals surface area (Å²) in [6.45, 7) is 3.26. The third kappa shape index (κ3) is 3.98. The quantitative estimate of drug-likeness (QED) is 0.394. The van der Waals surface area contributed by atoms with E-state index in [4.69, 9.17) is 21.1 Å². The van der Waals surface area contributed by atoms with E-state index in [2.05, 4.69) is 9.97 Å². The Morgan fingerprint density at radius 3 is 2.83 bits per heavy atom. The summed E-state index contributed by atoms with van der Waals surface area (Å²) < 4.78 is 11.5. The molecule has 4 rings (SSSR count). The van der Waals surface area contributed by atoms with E-state index in [0.717, 1.165) is 0 Å². The van der Waals surface area contributed by atoms with Crippen LogP contribution in [0.2, 0.25) is 5.02 Å². The highest BCUT2D eigenvalue weighted by Gasteiger charge is 2.43. The number of ether oxygens (including phenoxy) is 2. The van der Waals surface area contributed by atoms with Gasteiger partial charge in [0.25, 0.3) is 0 Å². The smallest absolute Gasteiger partial charge is 0.343 e. The number of halogens is 1. The van der Waals surface area contributed by atoms with Gasteiger partial charge in [0, 0.05) is 37.2 Å². The Kier molecular flexibility index (Phi) is 5.88. The zero-order chi connectivity index (χ0) is 21.3. The molecule has 0 atom stereocenters. The molecule has 0 amide bonds. The molecule has 158 valence electrons. The van der Waals surface area contributed by atoms with Crippen molar-refractivity contribution in [1.29, 1.82) is 0 Å². The number of piperidine rings is 1. The molecule has 0 saturated carbocycles. The maximum absolute atomic E-state index is 12.7. The standard InChI is InChI=1S/C21H22ClN3O4S/c1-3-28-19(27)15-12-23-20(30-2)24-18(15)25-8-6-21(7-9-25)11-16(26)14-10-13(22)4-5-17(14)29-21/h4-5,10,12H,3,6-9,11H2,1-2H3. The monoisotopic (exact) mass is 447 g/mol. The zero-order valence-electron chi connectivity index (χ0n) is 16.8. The number of esters is 1. The highest BCUT2D eigenvalue weighted by molar-refractivity contribution is 7.98. The molecule has 1 spiro atoms. The molecule has 0 unspecified atom stereocenters. The number of rotatable bonds is 4. The highest BCUT2D eigenvalue weighted by Crippen LogP contribution is 2.41. The molecular formula is C21H22ClN3O4S. The summed E-state index contributed by atoms with van der Waals surface area (Å²) in [7, 11) is 0. The van der Waals surface area contributed by atoms with Gasteiger partial charge in [0.05, 0.1) is 18.6 Å². The van der Waals surface area contributed by atoms with Crippen LogP contribution in [0.5, 0.6) is 5.75 Å². The number of carbonyl (C=O) groups is 2. The third-order valence-electron chi connectivity index (χ3n) is 5.45. The predicted molar refractivity (Wildman–Crippen MR) is 115 cm³/mol. The fourth-order valence-electron chi connectivity index (χ4n) is 3.92. The Morgan fingerprint density at radius 1 is 1.37 bits per heavy atom. The number of Topliss-reactive ketones (excluding diaryl/α,β-unsaturated/α-hetero) is 1. The van der Waals surface area contributed by atoms with Gasteiger partial charge in [0.15, 0.2) is 10.9 Å². The number of fused-ring (bicyclic) bond motifs is 1. The number of anilines is 1. The Morgan fingerprint density at radius 2 is 2.13 bits per heavy atom. The number of benzene rings is 1. The first-order chi connectivity index (χ1) is 14.4. The normalized spacial score (nSPS) is 17.4. The van der Waals surface area contributed by atoms with Crippen LogP contribution in [0, 0.1) is 0 Å². The van der Waals surface area contributed by atoms with Crippen LogP contribution in [0.25, 0.3) is 0 Å². The van der Waals surface area contributed by atoms with E-state index in [1.165, 1.54) is 18.0 Å². The van der Waals surface area contributed by atoms with Crippen LogP contribution in [-0.4, -0.2) is 53.3 Å². The predicted octanol–water partition coefficient (Wildman–Crippen LogP) is 4.03. The number of thioether (sulfide) groups is 1. The van der Waals surface area contributed by atoms with Crippen molar-refractivity contribution in [2.45, 2.75) is 36.9 Å². The fourth-order valence-corrected chi connectivity index (χ4v) is 4.43. The Balaban J connectivity index is 1.56. The van der Waals surface area contributed by atoms with Crippen LogP contribution in [0.4, 0.5) is 5.82 Å². The second kappa shape index (κ2) is 8.43. The molecular weight excluding hydrogens is 426 g/mol. The summed E-state index contributed by atoms with van der Waals surface area (Å²) in [5.41, 5.74) is 0.347. The van der Waals surface area contributed by atoms with Gasteiger partial charge in [-0.25, -0.2) is 14.8 Å². The van der Waals surface area contributed by atoms with E-state index in [1.807, 2.05) is 11.2 Å². The molecule has 1 saturated heterocycles. The highest BCUT2D eigenvalue weighted by atomic mass is 35.5. The van der Waals surface area contributed by atoms with Crippen molar-refractivity contribution in [2.24, 2.45) is 0 Å². The molecule has 2 aliphatic heterocycles.